The first-order chi connectivity index (χ1) is 17.2. The van der Waals surface area contributed by atoms with Crippen molar-refractivity contribution in [1.82, 2.24) is 4.98 Å². The van der Waals surface area contributed by atoms with E-state index in [-0.39, 0.29) is 16.3 Å². The number of nitrogens with zero attached hydrogens (tertiary/aromatic N) is 2. The van der Waals surface area contributed by atoms with E-state index in [1.165, 1.54) is 7.11 Å². The Morgan fingerprint density at radius 3 is 2.47 bits per heavy atom. The maximum atomic E-state index is 14.8. The van der Waals surface area contributed by atoms with Crippen LogP contribution in [0.4, 0.5) is 22.0 Å². The van der Waals surface area contributed by atoms with Gasteiger partial charge in [0.15, 0.2) is 23.3 Å². The molecular formula is C27H26F5N2O2+. The summed E-state index contributed by atoms with van der Waals surface area (Å²) in [6, 6.07) is 6.44. The summed E-state index contributed by atoms with van der Waals surface area (Å²) < 4.78 is 76.7. The Bertz CT molecular complexity index is 1320. The standard InChI is InChI=1S/C27H26F5N2O2/c1-3-14-12-34(13-19-22(28)24(30)26(32)25(31)23(19)29)9-7-15(14)10-21(34)27(35)17-6-8-33-20-5-4-16(36-2)11-18(17)20/h3-6,8,11,14-15,21,27,35H,1,7,9-10,12-13H2,2H3/q+1/t14?,15?,21?,27-,34?/m0/s1. The lowest BCUT2D eigenvalue weighted by Gasteiger charge is -2.58. The van der Waals surface area contributed by atoms with Crippen LogP contribution in [0.2, 0.25) is 0 Å². The lowest BCUT2D eigenvalue weighted by atomic mass is 9.71. The summed E-state index contributed by atoms with van der Waals surface area (Å²) in [7, 11) is 1.53. The summed E-state index contributed by atoms with van der Waals surface area (Å²) in [6.07, 6.45) is 3.49. The van der Waals surface area contributed by atoms with Gasteiger partial charge in [-0.3, -0.25) is 4.98 Å². The number of benzene rings is 2. The summed E-state index contributed by atoms with van der Waals surface area (Å²) >= 11 is 0. The van der Waals surface area contributed by atoms with Crippen LogP contribution in [0.25, 0.3) is 10.9 Å². The minimum absolute atomic E-state index is 0.00209. The third kappa shape index (κ3) is 3.76. The van der Waals surface area contributed by atoms with E-state index in [4.69, 9.17) is 4.74 Å². The van der Waals surface area contributed by atoms with Crippen molar-refractivity contribution in [2.75, 3.05) is 20.2 Å². The molecular weight excluding hydrogens is 479 g/mol. The van der Waals surface area contributed by atoms with Gasteiger partial charge in [0.2, 0.25) is 5.82 Å². The molecule has 6 rings (SSSR count). The van der Waals surface area contributed by atoms with Gasteiger partial charge in [-0.15, -0.1) is 6.58 Å². The number of quaternary nitrogens is 1. The highest BCUT2D eigenvalue weighted by molar-refractivity contribution is 5.83. The van der Waals surface area contributed by atoms with Crippen LogP contribution in [0, 0.1) is 40.9 Å². The summed E-state index contributed by atoms with van der Waals surface area (Å²) in [5, 5.41) is 12.4. The van der Waals surface area contributed by atoms with Gasteiger partial charge in [0.25, 0.3) is 0 Å². The molecule has 4 heterocycles. The number of methoxy groups -OCH3 is 1. The Morgan fingerprint density at radius 1 is 1.11 bits per heavy atom. The highest BCUT2D eigenvalue weighted by Gasteiger charge is 2.54. The van der Waals surface area contributed by atoms with Gasteiger partial charge in [-0.1, -0.05) is 6.08 Å². The molecule has 190 valence electrons. The average molecular weight is 506 g/mol. The fraction of sp³-hybridized carbons (Fsp3) is 0.370. The van der Waals surface area contributed by atoms with Crippen molar-refractivity contribution >= 4 is 10.9 Å². The molecule has 0 saturated carbocycles. The van der Waals surface area contributed by atoms with Gasteiger partial charge in [0.05, 0.1) is 31.3 Å². The first kappa shape index (κ1) is 24.6. The van der Waals surface area contributed by atoms with Crippen LogP contribution >= 0.6 is 0 Å². The molecule has 3 aliphatic rings. The highest BCUT2D eigenvalue weighted by Crippen LogP contribution is 2.48. The van der Waals surface area contributed by atoms with E-state index >= 15 is 0 Å². The molecule has 1 N–H and O–H groups in total. The number of piperidine rings is 3. The van der Waals surface area contributed by atoms with Gasteiger partial charge in [-0.2, -0.15) is 0 Å². The predicted octanol–water partition coefficient (Wildman–Crippen LogP) is 5.58. The number of ether oxygens (including phenoxy) is 1. The Balaban J connectivity index is 1.62. The summed E-state index contributed by atoms with van der Waals surface area (Å²) in [6.45, 7) is 4.27. The molecule has 2 bridgehead atoms. The van der Waals surface area contributed by atoms with Gasteiger partial charge >= 0.3 is 0 Å². The smallest absolute Gasteiger partial charge is 0.200 e. The molecule has 0 radical (unpaired) electrons. The van der Waals surface area contributed by atoms with Crippen LogP contribution in [0.1, 0.15) is 30.1 Å². The molecule has 0 spiro atoms. The summed E-state index contributed by atoms with van der Waals surface area (Å²) in [5.74, 6) is -8.98. The Morgan fingerprint density at radius 2 is 1.81 bits per heavy atom. The van der Waals surface area contributed by atoms with Crippen molar-refractivity contribution in [3.8, 4) is 5.75 Å². The van der Waals surface area contributed by atoms with Crippen molar-refractivity contribution in [1.29, 1.82) is 0 Å². The zero-order valence-electron chi connectivity index (χ0n) is 19.7. The molecule has 9 heteroatoms. The average Bonchev–Trinajstić information content (AvgIpc) is 2.92. The first-order valence-corrected chi connectivity index (χ1v) is 11.8. The zero-order valence-corrected chi connectivity index (χ0v) is 19.7. The monoisotopic (exact) mass is 505 g/mol. The molecule has 3 saturated heterocycles. The van der Waals surface area contributed by atoms with Crippen LogP contribution in [0.5, 0.6) is 5.75 Å². The third-order valence-corrected chi connectivity index (χ3v) is 8.11. The second kappa shape index (κ2) is 9.12. The SMILES string of the molecule is C=CC1C[N+]2(Cc3c(F)c(F)c(F)c(F)c3F)CCC1CC2[C@@H](O)c1ccnc2ccc(OC)cc12. The number of rotatable bonds is 6. The number of fused-ring (bicyclic) bond motifs is 4. The fourth-order valence-electron chi connectivity index (χ4n) is 6.22. The normalized spacial score (nSPS) is 26.2. The van der Waals surface area contributed by atoms with Crippen molar-refractivity contribution in [2.24, 2.45) is 11.8 Å². The zero-order chi connectivity index (χ0) is 25.8. The first-order valence-electron chi connectivity index (χ1n) is 11.8. The van der Waals surface area contributed by atoms with E-state index < -0.39 is 53.3 Å². The molecule has 2 aromatic carbocycles. The van der Waals surface area contributed by atoms with Crippen LogP contribution in [-0.4, -0.2) is 40.8 Å². The lowest BCUT2D eigenvalue weighted by molar-refractivity contribution is -0.985. The molecule has 3 aliphatic heterocycles. The Kier molecular flexibility index (Phi) is 6.24. The van der Waals surface area contributed by atoms with Crippen molar-refractivity contribution in [3.63, 3.8) is 0 Å². The molecule has 36 heavy (non-hydrogen) atoms. The quantitative estimate of drug-likeness (QED) is 0.156. The molecule has 5 atom stereocenters. The van der Waals surface area contributed by atoms with Crippen LogP contribution in [0.3, 0.4) is 0 Å². The van der Waals surface area contributed by atoms with Crippen LogP contribution in [-0.2, 0) is 6.54 Å². The summed E-state index contributed by atoms with van der Waals surface area (Å²) in [4.78, 5) is 4.35. The number of hydrogen-bond donors (Lipinski definition) is 1. The molecule has 0 aliphatic carbocycles. The van der Waals surface area contributed by atoms with Gasteiger partial charge < -0.3 is 14.3 Å². The van der Waals surface area contributed by atoms with Gasteiger partial charge in [-0.05, 0) is 35.7 Å². The molecule has 4 unspecified atom stereocenters. The van der Waals surface area contributed by atoms with E-state index in [1.807, 2.05) is 0 Å². The topological polar surface area (TPSA) is 42.4 Å². The molecule has 3 fully saturated rings. The van der Waals surface area contributed by atoms with Gasteiger partial charge in [-0.25, -0.2) is 22.0 Å². The number of halogens is 5. The maximum absolute atomic E-state index is 14.8. The van der Waals surface area contributed by atoms with E-state index in [2.05, 4.69) is 11.6 Å². The molecule has 0 amide bonds. The number of aliphatic hydroxyl groups excluding tert-OH is 1. The van der Waals surface area contributed by atoms with Gasteiger partial charge in [0.1, 0.15) is 24.4 Å². The maximum Gasteiger partial charge on any atom is 0.200 e. The van der Waals surface area contributed by atoms with E-state index in [0.29, 0.717) is 48.1 Å². The van der Waals surface area contributed by atoms with E-state index in [9.17, 15) is 27.1 Å². The van der Waals surface area contributed by atoms with Crippen LogP contribution < -0.4 is 4.74 Å². The fourth-order valence-corrected chi connectivity index (χ4v) is 6.22. The van der Waals surface area contributed by atoms with Crippen molar-refractivity contribution in [3.05, 3.63) is 83.3 Å². The van der Waals surface area contributed by atoms with Gasteiger partial charge in [0, 0.05) is 30.3 Å². The minimum Gasteiger partial charge on any atom is -0.497 e. The van der Waals surface area contributed by atoms with E-state index in [1.54, 1.807) is 36.5 Å². The lowest BCUT2D eigenvalue weighted by Crippen LogP contribution is -2.67. The third-order valence-electron chi connectivity index (χ3n) is 8.11. The predicted molar refractivity (Wildman–Crippen MR) is 123 cm³/mol. The minimum atomic E-state index is -2.18. The number of pyridine rings is 1. The summed E-state index contributed by atoms with van der Waals surface area (Å²) in [5.41, 5.74) is 0.355. The number of hydrogen-bond acceptors (Lipinski definition) is 3. The molecule has 4 nitrogen and oxygen atoms in total. The van der Waals surface area contributed by atoms with Crippen molar-refractivity contribution < 1.29 is 36.3 Å². The Hall–Kier alpha value is -3.04. The molecule has 1 aromatic heterocycles. The Labute approximate surface area is 205 Å². The van der Waals surface area contributed by atoms with Crippen LogP contribution in [0.15, 0.2) is 43.1 Å². The number of aromatic nitrogens is 1. The van der Waals surface area contributed by atoms with E-state index in [0.717, 1.165) is 0 Å². The second-order valence-corrected chi connectivity index (χ2v) is 9.81. The molecule has 3 aromatic rings. The largest absolute Gasteiger partial charge is 0.497 e. The second-order valence-electron chi connectivity index (χ2n) is 9.81. The highest BCUT2D eigenvalue weighted by atomic mass is 19.2. The van der Waals surface area contributed by atoms with Crippen molar-refractivity contribution in [2.45, 2.75) is 31.5 Å². The number of aliphatic hydroxyl groups is 1.